The van der Waals surface area contributed by atoms with Gasteiger partial charge in [-0.3, -0.25) is 0 Å². The lowest BCUT2D eigenvalue weighted by atomic mass is 10.1. The maximum atomic E-state index is 12.0. The maximum Gasteiger partial charge on any atom is 0.409 e. The Hall–Kier alpha value is -1.37. The fraction of sp³-hybridized carbons (Fsp3) is 0.733. The first-order valence-electron chi connectivity index (χ1n) is 7.41. The van der Waals surface area contributed by atoms with Crippen molar-refractivity contribution in [1.29, 1.82) is 0 Å². The van der Waals surface area contributed by atoms with E-state index in [2.05, 4.69) is 19.2 Å². The zero-order chi connectivity index (χ0) is 16.9. The van der Waals surface area contributed by atoms with Gasteiger partial charge < -0.3 is 20.1 Å². The van der Waals surface area contributed by atoms with Crippen LogP contribution in [0.25, 0.3) is 0 Å². The molecule has 0 spiro atoms. The predicted octanol–water partition coefficient (Wildman–Crippen LogP) is 3.21. The molecule has 0 bridgehead atoms. The first kappa shape index (κ1) is 18.7. The van der Waals surface area contributed by atoms with E-state index < -0.39 is 17.7 Å². The zero-order valence-corrected chi connectivity index (χ0v) is 14.7. The van der Waals surface area contributed by atoms with Crippen molar-refractivity contribution in [3.8, 4) is 0 Å². The highest BCUT2D eigenvalue weighted by molar-refractivity contribution is 8.02. The zero-order valence-electron chi connectivity index (χ0n) is 13.9. The number of thioether (sulfide) groups is 1. The van der Waals surface area contributed by atoms with Crippen LogP contribution in [0.5, 0.6) is 0 Å². The molecule has 1 rings (SSSR count). The standard InChI is InChI=1S/C15H26N2O4S/c1-10(2)6-7-12(16-14(20)21-15(3,4)5)17-9-22-8-11(17)13(18)19/h8,10,12H,6-7,9H2,1-5H3,(H,16,20)(H,18,19). The molecule has 1 amide bonds. The number of carbonyl (C=O) groups is 2. The average Bonchev–Trinajstić information content (AvgIpc) is 2.80. The Morgan fingerprint density at radius 1 is 1.41 bits per heavy atom. The van der Waals surface area contributed by atoms with Gasteiger partial charge in [-0.05, 0) is 39.5 Å². The average molecular weight is 330 g/mol. The number of nitrogens with one attached hydrogen (secondary N) is 1. The van der Waals surface area contributed by atoms with Gasteiger partial charge in [0.05, 0.1) is 5.88 Å². The number of aliphatic carboxylic acids is 1. The summed E-state index contributed by atoms with van der Waals surface area (Å²) in [7, 11) is 0. The van der Waals surface area contributed by atoms with Crippen LogP contribution in [0.15, 0.2) is 11.1 Å². The number of rotatable bonds is 6. The van der Waals surface area contributed by atoms with E-state index in [9.17, 15) is 14.7 Å². The first-order chi connectivity index (χ1) is 10.1. The summed E-state index contributed by atoms with van der Waals surface area (Å²) in [5.41, 5.74) is -0.368. The molecular formula is C15H26N2O4S. The molecule has 126 valence electrons. The molecule has 0 aromatic rings. The van der Waals surface area contributed by atoms with Crippen molar-refractivity contribution in [3.63, 3.8) is 0 Å². The van der Waals surface area contributed by atoms with E-state index in [1.54, 1.807) is 31.1 Å². The molecule has 1 heterocycles. The number of ether oxygens (including phenoxy) is 1. The van der Waals surface area contributed by atoms with Gasteiger partial charge in [-0.2, -0.15) is 0 Å². The predicted molar refractivity (Wildman–Crippen MR) is 87.2 cm³/mol. The summed E-state index contributed by atoms with van der Waals surface area (Å²) < 4.78 is 5.28. The van der Waals surface area contributed by atoms with Crippen LogP contribution in [0.2, 0.25) is 0 Å². The van der Waals surface area contributed by atoms with Gasteiger partial charge in [-0.15, -0.1) is 11.8 Å². The van der Waals surface area contributed by atoms with Crippen LogP contribution in [0, 0.1) is 5.92 Å². The fourth-order valence-corrected chi connectivity index (χ4v) is 2.95. The highest BCUT2D eigenvalue weighted by atomic mass is 32.2. The van der Waals surface area contributed by atoms with Crippen LogP contribution in [0.3, 0.4) is 0 Å². The number of carbonyl (C=O) groups excluding carboxylic acids is 1. The molecule has 0 aromatic carbocycles. The largest absolute Gasteiger partial charge is 0.477 e. The van der Waals surface area contributed by atoms with Gasteiger partial charge in [-0.1, -0.05) is 13.8 Å². The Balaban J connectivity index is 2.78. The summed E-state index contributed by atoms with van der Waals surface area (Å²) in [5, 5.41) is 13.7. The normalized spacial score (nSPS) is 16.5. The number of nitrogens with zero attached hydrogens (tertiary/aromatic N) is 1. The molecule has 1 atom stereocenters. The molecule has 0 fully saturated rings. The Labute approximate surface area is 136 Å². The summed E-state index contributed by atoms with van der Waals surface area (Å²) in [5.74, 6) is 0.00110. The van der Waals surface area contributed by atoms with Crippen LogP contribution in [0.1, 0.15) is 47.5 Å². The van der Waals surface area contributed by atoms with E-state index in [1.807, 2.05) is 0 Å². The third kappa shape index (κ3) is 6.17. The lowest BCUT2D eigenvalue weighted by Crippen LogP contribution is -2.49. The van der Waals surface area contributed by atoms with E-state index in [-0.39, 0.29) is 11.9 Å². The summed E-state index contributed by atoms with van der Waals surface area (Å²) in [4.78, 5) is 25.0. The smallest absolute Gasteiger partial charge is 0.409 e. The lowest BCUT2D eigenvalue weighted by molar-refractivity contribution is -0.134. The van der Waals surface area contributed by atoms with E-state index in [4.69, 9.17) is 4.74 Å². The van der Waals surface area contributed by atoms with E-state index in [0.717, 1.165) is 6.42 Å². The van der Waals surface area contributed by atoms with Gasteiger partial charge in [0, 0.05) is 5.41 Å². The minimum atomic E-state index is -0.981. The maximum absolute atomic E-state index is 12.0. The molecule has 0 saturated heterocycles. The van der Waals surface area contributed by atoms with E-state index in [0.29, 0.717) is 18.2 Å². The van der Waals surface area contributed by atoms with Gasteiger partial charge in [0.25, 0.3) is 0 Å². The Kier molecular flexibility index (Phi) is 6.59. The minimum Gasteiger partial charge on any atom is -0.477 e. The number of alkyl carbamates (subject to hydrolysis) is 1. The van der Waals surface area contributed by atoms with Crippen molar-refractivity contribution in [3.05, 3.63) is 11.1 Å². The number of hydrogen-bond donors (Lipinski definition) is 2. The summed E-state index contributed by atoms with van der Waals surface area (Å²) in [6.45, 7) is 9.58. The molecule has 0 aromatic heterocycles. The van der Waals surface area contributed by atoms with Crippen molar-refractivity contribution in [2.24, 2.45) is 5.92 Å². The van der Waals surface area contributed by atoms with Crippen molar-refractivity contribution in [1.82, 2.24) is 10.2 Å². The second-order valence-corrected chi connectivity index (χ2v) is 7.53. The van der Waals surface area contributed by atoms with Gasteiger partial charge in [0.15, 0.2) is 0 Å². The molecule has 0 saturated carbocycles. The monoisotopic (exact) mass is 330 g/mol. The number of carboxylic acids is 1. The van der Waals surface area contributed by atoms with Gasteiger partial charge in [-0.25, -0.2) is 9.59 Å². The van der Waals surface area contributed by atoms with Gasteiger partial charge in [0.2, 0.25) is 0 Å². The topological polar surface area (TPSA) is 78.9 Å². The lowest BCUT2D eigenvalue weighted by Gasteiger charge is -2.32. The fourth-order valence-electron chi connectivity index (χ4n) is 2.01. The molecular weight excluding hydrogens is 304 g/mol. The van der Waals surface area contributed by atoms with Gasteiger partial charge in [0.1, 0.15) is 17.5 Å². The van der Waals surface area contributed by atoms with Crippen LogP contribution >= 0.6 is 11.8 Å². The number of hydrogen-bond acceptors (Lipinski definition) is 5. The summed E-state index contributed by atoms with van der Waals surface area (Å²) in [6.07, 6.45) is 0.647. The van der Waals surface area contributed by atoms with Crippen LogP contribution in [0.4, 0.5) is 4.79 Å². The second-order valence-electron chi connectivity index (χ2n) is 6.71. The molecule has 0 aliphatic carbocycles. The molecule has 6 nitrogen and oxygen atoms in total. The van der Waals surface area contributed by atoms with Crippen molar-refractivity contribution >= 4 is 23.8 Å². The second kappa shape index (κ2) is 7.76. The van der Waals surface area contributed by atoms with Crippen molar-refractivity contribution < 1.29 is 19.4 Å². The number of amides is 1. The highest BCUT2D eigenvalue weighted by Crippen LogP contribution is 2.27. The Morgan fingerprint density at radius 3 is 2.55 bits per heavy atom. The summed E-state index contributed by atoms with van der Waals surface area (Å²) >= 11 is 1.41. The quantitative estimate of drug-likeness (QED) is 0.778. The van der Waals surface area contributed by atoms with Crippen molar-refractivity contribution in [2.45, 2.75) is 59.2 Å². The van der Waals surface area contributed by atoms with Crippen LogP contribution < -0.4 is 5.32 Å². The Bertz CT molecular complexity index is 443. The highest BCUT2D eigenvalue weighted by Gasteiger charge is 2.30. The Morgan fingerprint density at radius 2 is 2.05 bits per heavy atom. The number of carboxylic acid groups (broad SMARTS) is 1. The SMILES string of the molecule is CC(C)CCC(NC(=O)OC(C)(C)C)N1CSC=C1C(=O)O. The molecule has 22 heavy (non-hydrogen) atoms. The first-order valence-corrected chi connectivity index (χ1v) is 8.46. The molecule has 1 aliphatic heterocycles. The third-order valence-corrected chi connectivity index (χ3v) is 3.83. The minimum absolute atomic E-state index is 0.217. The molecule has 0 radical (unpaired) electrons. The van der Waals surface area contributed by atoms with E-state index in [1.165, 1.54) is 11.8 Å². The summed E-state index contributed by atoms with van der Waals surface area (Å²) in [6, 6.07) is 0. The van der Waals surface area contributed by atoms with Gasteiger partial charge >= 0.3 is 12.1 Å². The van der Waals surface area contributed by atoms with Crippen LogP contribution in [-0.2, 0) is 9.53 Å². The van der Waals surface area contributed by atoms with Crippen LogP contribution in [-0.4, -0.2) is 39.7 Å². The molecule has 7 heteroatoms. The molecule has 2 N–H and O–H groups in total. The van der Waals surface area contributed by atoms with E-state index >= 15 is 0 Å². The third-order valence-electron chi connectivity index (χ3n) is 3.01. The van der Waals surface area contributed by atoms with Crippen molar-refractivity contribution in [2.75, 3.05) is 5.88 Å². The molecule has 1 aliphatic rings. The molecule has 1 unspecified atom stereocenters.